The zero-order chi connectivity index (χ0) is 19.8. The number of piperidine rings is 1. The van der Waals surface area contributed by atoms with Crippen LogP contribution in [0.15, 0.2) is 42.5 Å². The van der Waals surface area contributed by atoms with Gasteiger partial charge in [-0.05, 0) is 63.9 Å². The molecule has 28 heavy (non-hydrogen) atoms. The number of carbonyl (C=O) groups is 2. The van der Waals surface area contributed by atoms with Crippen LogP contribution in [-0.4, -0.2) is 36.5 Å². The van der Waals surface area contributed by atoms with Crippen molar-refractivity contribution >= 4 is 11.9 Å². The Morgan fingerprint density at radius 3 is 2.54 bits per heavy atom. The summed E-state index contributed by atoms with van der Waals surface area (Å²) in [6.45, 7) is 3.62. The van der Waals surface area contributed by atoms with Crippen LogP contribution in [0.5, 0.6) is 0 Å². The fourth-order valence-electron chi connectivity index (χ4n) is 4.55. The first-order valence-corrected chi connectivity index (χ1v) is 10.8. The minimum Gasteiger partial charge on any atom is -0.466 e. The molecular formula is C24H33NO3. The molecule has 1 aliphatic heterocycles. The highest BCUT2D eigenvalue weighted by Crippen LogP contribution is 2.39. The van der Waals surface area contributed by atoms with Gasteiger partial charge >= 0.3 is 5.97 Å². The summed E-state index contributed by atoms with van der Waals surface area (Å²) in [6.07, 6.45) is 11.3. The predicted molar refractivity (Wildman–Crippen MR) is 111 cm³/mol. The number of likely N-dealkylation sites (tertiary alicyclic amines) is 1. The Labute approximate surface area is 168 Å². The molecule has 1 heterocycles. The van der Waals surface area contributed by atoms with Crippen molar-refractivity contribution in [2.45, 2.75) is 58.3 Å². The molecule has 1 aromatic carbocycles. The molecular weight excluding hydrogens is 350 g/mol. The van der Waals surface area contributed by atoms with Gasteiger partial charge in [0.1, 0.15) is 0 Å². The average molecular weight is 384 g/mol. The van der Waals surface area contributed by atoms with Crippen molar-refractivity contribution in [2.75, 3.05) is 19.7 Å². The molecule has 0 bridgehead atoms. The third kappa shape index (κ3) is 5.03. The second-order valence-electron chi connectivity index (χ2n) is 8.15. The van der Waals surface area contributed by atoms with Crippen LogP contribution in [0.2, 0.25) is 0 Å². The maximum Gasteiger partial charge on any atom is 0.312 e. The molecule has 1 saturated heterocycles. The van der Waals surface area contributed by atoms with Gasteiger partial charge in [0.25, 0.3) is 0 Å². The number of hydrogen-bond donors (Lipinski definition) is 0. The number of ether oxygens (including phenoxy) is 1. The molecule has 1 fully saturated rings. The molecule has 3 rings (SSSR count). The van der Waals surface area contributed by atoms with Crippen molar-refractivity contribution in [3.8, 4) is 0 Å². The molecule has 4 heteroatoms. The van der Waals surface area contributed by atoms with Crippen LogP contribution in [0, 0.1) is 11.3 Å². The van der Waals surface area contributed by atoms with Crippen LogP contribution in [0.25, 0.3) is 0 Å². The third-order valence-electron chi connectivity index (χ3n) is 6.32. The van der Waals surface area contributed by atoms with Gasteiger partial charge in [-0.3, -0.25) is 9.59 Å². The Balaban J connectivity index is 1.59. The van der Waals surface area contributed by atoms with Crippen molar-refractivity contribution in [3.63, 3.8) is 0 Å². The smallest absolute Gasteiger partial charge is 0.312 e. The molecule has 2 aliphatic rings. The molecule has 152 valence electrons. The first-order chi connectivity index (χ1) is 13.6. The van der Waals surface area contributed by atoms with Gasteiger partial charge in [-0.1, -0.05) is 42.5 Å². The van der Waals surface area contributed by atoms with Gasteiger partial charge in [0.15, 0.2) is 0 Å². The van der Waals surface area contributed by atoms with Crippen molar-refractivity contribution in [1.29, 1.82) is 0 Å². The van der Waals surface area contributed by atoms with E-state index in [2.05, 4.69) is 36.4 Å². The number of allylic oxidation sites excluding steroid dienone is 2. The molecule has 0 unspecified atom stereocenters. The van der Waals surface area contributed by atoms with Crippen LogP contribution in [0.3, 0.4) is 0 Å². The Morgan fingerprint density at radius 2 is 1.89 bits per heavy atom. The Kier molecular flexibility index (Phi) is 7.30. The number of benzene rings is 1. The molecule has 1 atom stereocenters. The summed E-state index contributed by atoms with van der Waals surface area (Å²) in [6, 6.07) is 10.4. The largest absolute Gasteiger partial charge is 0.466 e. The number of nitrogens with zero attached hydrogens (tertiary/aromatic N) is 1. The van der Waals surface area contributed by atoms with Crippen LogP contribution in [0.1, 0.15) is 57.4 Å². The van der Waals surface area contributed by atoms with Gasteiger partial charge in [-0.2, -0.15) is 0 Å². The van der Waals surface area contributed by atoms with Gasteiger partial charge in [-0.25, -0.2) is 0 Å². The van der Waals surface area contributed by atoms with E-state index < -0.39 is 5.41 Å². The van der Waals surface area contributed by atoms with Crippen LogP contribution < -0.4 is 0 Å². The van der Waals surface area contributed by atoms with Crippen molar-refractivity contribution in [3.05, 3.63) is 48.0 Å². The summed E-state index contributed by atoms with van der Waals surface area (Å²) in [4.78, 5) is 27.6. The number of aryl methyl sites for hydroxylation is 1. The van der Waals surface area contributed by atoms with Gasteiger partial charge in [0.05, 0.1) is 12.0 Å². The zero-order valence-electron chi connectivity index (χ0n) is 17.1. The van der Waals surface area contributed by atoms with Crippen molar-refractivity contribution < 1.29 is 14.3 Å². The van der Waals surface area contributed by atoms with Crippen LogP contribution in [-0.2, 0) is 20.7 Å². The normalized spacial score (nSPS) is 21.3. The van der Waals surface area contributed by atoms with Crippen molar-refractivity contribution in [1.82, 2.24) is 4.90 Å². The van der Waals surface area contributed by atoms with E-state index in [-0.39, 0.29) is 17.8 Å². The molecule has 0 saturated carbocycles. The number of esters is 1. The minimum atomic E-state index is -0.436. The summed E-state index contributed by atoms with van der Waals surface area (Å²) in [5.41, 5.74) is 0.869. The predicted octanol–water partition coefficient (Wildman–Crippen LogP) is 4.54. The van der Waals surface area contributed by atoms with Crippen LogP contribution in [0.4, 0.5) is 0 Å². The van der Waals surface area contributed by atoms with E-state index in [1.807, 2.05) is 17.9 Å². The summed E-state index contributed by atoms with van der Waals surface area (Å²) in [7, 11) is 0. The lowest BCUT2D eigenvalue weighted by Crippen LogP contribution is -2.48. The fourth-order valence-corrected chi connectivity index (χ4v) is 4.55. The SMILES string of the molecule is CCOC(=O)C1(CCCc2ccccc2)CCN(C(=O)[C@@H]2CC=CCC2)CC1. The second-order valence-corrected chi connectivity index (χ2v) is 8.15. The van der Waals surface area contributed by atoms with E-state index in [0.717, 1.165) is 51.4 Å². The van der Waals surface area contributed by atoms with E-state index in [1.165, 1.54) is 5.56 Å². The summed E-state index contributed by atoms with van der Waals surface area (Å²) < 4.78 is 5.45. The molecule has 0 N–H and O–H groups in total. The fraction of sp³-hybridized carbons (Fsp3) is 0.583. The van der Waals surface area contributed by atoms with Gasteiger partial charge in [-0.15, -0.1) is 0 Å². The van der Waals surface area contributed by atoms with Crippen molar-refractivity contribution in [2.24, 2.45) is 11.3 Å². The highest BCUT2D eigenvalue weighted by atomic mass is 16.5. The quantitative estimate of drug-likeness (QED) is 0.513. The number of rotatable bonds is 7. The van der Waals surface area contributed by atoms with Crippen LogP contribution >= 0.6 is 0 Å². The summed E-state index contributed by atoms with van der Waals surface area (Å²) in [5.74, 6) is 0.319. The number of hydrogen-bond acceptors (Lipinski definition) is 3. The second kappa shape index (κ2) is 9.90. The van der Waals surface area contributed by atoms with E-state index >= 15 is 0 Å². The molecule has 0 radical (unpaired) electrons. The Hall–Kier alpha value is -2.10. The maximum atomic E-state index is 12.8. The minimum absolute atomic E-state index is 0.0734. The lowest BCUT2D eigenvalue weighted by Gasteiger charge is -2.41. The topological polar surface area (TPSA) is 46.6 Å². The monoisotopic (exact) mass is 383 g/mol. The van der Waals surface area contributed by atoms with E-state index in [1.54, 1.807) is 0 Å². The molecule has 4 nitrogen and oxygen atoms in total. The van der Waals surface area contributed by atoms with E-state index in [4.69, 9.17) is 4.74 Å². The molecule has 0 aromatic heterocycles. The molecule has 1 amide bonds. The highest BCUT2D eigenvalue weighted by molar-refractivity contribution is 5.81. The van der Waals surface area contributed by atoms with E-state index in [9.17, 15) is 9.59 Å². The van der Waals surface area contributed by atoms with Gasteiger partial charge in [0.2, 0.25) is 5.91 Å². The first-order valence-electron chi connectivity index (χ1n) is 10.8. The van der Waals surface area contributed by atoms with Gasteiger partial charge < -0.3 is 9.64 Å². The number of amides is 1. The third-order valence-corrected chi connectivity index (χ3v) is 6.32. The first kappa shape index (κ1) is 20.6. The number of carbonyl (C=O) groups excluding carboxylic acids is 2. The molecule has 0 spiro atoms. The molecule has 1 aliphatic carbocycles. The molecule has 1 aromatic rings. The lowest BCUT2D eigenvalue weighted by atomic mass is 9.74. The van der Waals surface area contributed by atoms with E-state index in [0.29, 0.717) is 19.7 Å². The maximum absolute atomic E-state index is 12.8. The Bertz CT molecular complexity index is 674. The average Bonchev–Trinajstić information content (AvgIpc) is 2.75. The Morgan fingerprint density at radius 1 is 1.14 bits per heavy atom. The zero-order valence-corrected chi connectivity index (χ0v) is 17.1. The summed E-state index contributed by atoms with van der Waals surface area (Å²) >= 11 is 0. The summed E-state index contributed by atoms with van der Waals surface area (Å²) in [5, 5.41) is 0. The lowest BCUT2D eigenvalue weighted by molar-refractivity contribution is -0.161. The van der Waals surface area contributed by atoms with Gasteiger partial charge in [0, 0.05) is 19.0 Å². The standard InChI is InChI=1S/C24H33NO3/c1-2-28-23(27)24(15-9-12-20-10-5-3-6-11-20)16-18-25(19-17-24)22(26)21-13-7-4-8-14-21/h3-7,10-11,21H,2,8-9,12-19H2,1H3/t21-/m1/s1. The highest BCUT2D eigenvalue weighted by Gasteiger charge is 2.43.